The van der Waals surface area contributed by atoms with Crippen molar-refractivity contribution >= 4 is 5.97 Å². The molecule has 0 aliphatic carbocycles. The van der Waals surface area contributed by atoms with Crippen molar-refractivity contribution in [2.45, 2.75) is 0 Å². The van der Waals surface area contributed by atoms with Crippen molar-refractivity contribution in [1.82, 2.24) is 9.97 Å². The molecule has 0 aliphatic heterocycles. The zero-order valence-corrected chi connectivity index (χ0v) is 12.4. The van der Waals surface area contributed by atoms with E-state index in [0.29, 0.717) is 16.7 Å². The Morgan fingerprint density at radius 2 is 1.65 bits per heavy atom. The van der Waals surface area contributed by atoms with E-state index >= 15 is 0 Å². The second-order valence-electron chi connectivity index (χ2n) is 4.86. The maximum absolute atomic E-state index is 14.6. The van der Waals surface area contributed by atoms with Crippen LogP contribution in [-0.2, 0) is 4.74 Å². The summed E-state index contributed by atoms with van der Waals surface area (Å²) < 4.78 is 19.3. The number of carbonyl (C=O) groups excluding carboxylic acids is 1. The van der Waals surface area contributed by atoms with Gasteiger partial charge in [-0.25, -0.2) is 9.18 Å². The van der Waals surface area contributed by atoms with E-state index in [1.807, 2.05) is 6.07 Å². The van der Waals surface area contributed by atoms with Gasteiger partial charge in [-0.1, -0.05) is 12.1 Å². The number of benzene rings is 1. The molecule has 5 heteroatoms. The molecule has 23 heavy (non-hydrogen) atoms. The molecule has 0 N–H and O–H groups in total. The van der Waals surface area contributed by atoms with Crippen molar-refractivity contribution in [1.29, 1.82) is 0 Å². The molecule has 0 atom stereocenters. The Hall–Kier alpha value is -3.08. The van der Waals surface area contributed by atoms with E-state index in [1.165, 1.54) is 13.2 Å². The second kappa shape index (κ2) is 6.36. The summed E-state index contributed by atoms with van der Waals surface area (Å²) in [5.41, 5.74) is 2.35. The van der Waals surface area contributed by atoms with E-state index in [2.05, 4.69) is 9.97 Å². The fraction of sp³-hybridized carbons (Fsp3) is 0.0556. The number of carbonyl (C=O) groups is 1. The number of pyridine rings is 2. The van der Waals surface area contributed by atoms with Crippen LogP contribution in [0, 0.1) is 5.82 Å². The summed E-state index contributed by atoms with van der Waals surface area (Å²) in [5, 5.41) is 0. The van der Waals surface area contributed by atoms with Crippen LogP contribution in [0.1, 0.15) is 10.4 Å². The lowest BCUT2D eigenvalue weighted by atomic mass is 9.95. The fourth-order valence-electron chi connectivity index (χ4n) is 2.37. The van der Waals surface area contributed by atoms with Gasteiger partial charge in [-0.05, 0) is 29.8 Å². The van der Waals surface area contributed by atoms with Gasteiger partial charge in [0.1, 0.15) is 11.4 Å². The summed E-state index contributed by atoms with van der Waals surface area (Å²) in [7, 11) is 1.23. The maximum Gasteiger partial charge on any atom is 0.341 e. The van der Waals surface area contributed by atoms with Gasteiger partial charge in [-0.3, -0.25) is 9.97 Å². The molecule has 0 aliphatic rings. The molecule has 4 nitrogen and oxygen atoms in total. The van der Waals surface area contributed by atoms with Crippen molar-refractivity contribution in [3.05, 3.63) is 72.6 Å². The minimum Gasteiger partial charge on any atom is -0.465 e. The average Bonchev–Trinajstić information content (AvgIpc) is 2.62. The number of rotatable bonds is 3. The molecule has 0 amide bonds. The lowest BCUT2D eigenvalue weighted by molar-refractivity contribution is 0.0596. The summed E-state index contributed by atoms with van der Waals surface area (Å²) in [5.74, 6) is -1.36. The lowest BCUT2D eigenvalue weighted by Crippen LogP contribution is -2.07. The minimum absolute atomic E-state index is 0.104. The fourth-order valence-corrected chi connectivity index (χ4v) is 2.37. The van der Waals surface area contributed by atoms with Crippen molar-refractivity contribution in [3.63, 3.8) is 0 Å². The highest BCUT2D eigenvalue weighted by Gasteiger charge is 2.20. The molecule has 0 spiro atoms. The predicted octanol–water partition coefficient (Wildman–Crippen LogP) is 3.74. The summed E-state index contributed by atoms with van der Waals surface area (Å²) >= 11 is 0. The standard InChI is InChI=1S/C18H13FN2O2/c1-23-18(22)17-15(13-5-3-7-21-11-13)8-14(9-16(17)19)12-4-2-6-20-10-12/h2-11H,1H3. The van der Waals surface area contributed by atoms with Crippen LogP contribution in [0.3, 0.4) is 0 Å². The normalized spacial score (nSPS) is 10.3. The highest BCUT2D eigenvalue weighted by molar-refractivity contribution is 5.98. The third-order valence-electron chi connectivity index (χ3n) is 3.45. The van der Waals surface area contributed by atoms with Crippen LogP contribution in [0.15, 0.2) is 61.2 Å². The third kappa shape index (κ3) is 2.94. The molecule has 0 radical (unpaired) electrons. The van der Waals surface area contributed by atoms with Gasteiger partial charge in [0, 0.05) is 41.5 Å². The molecule has 0 unspecified atom stereocenters. The Morgan fingerprint density at radius 3 is 2.22 bits per heavy atom. The number of esters is 1. The number of halogens is 1. The second-order valence-corrected chi connectivity index (χ2v) is 4.86. The summed E-state index contributed by atoms with van der Waals surface area (Å²) in [6.45, 7) is 0. The molecule has 0 saturated carbocycles. The third-order valence-corrected chi connectivity index (χ3v) is 3.45. The maximum atomic E-state index is 14.6. The topological polar surface area (TPSA) is 52.1 Å². The van der Waals surface area contributed by atoms with E-state index in [-0.39, 0.29) is 5.56 Å². The molecule has 3 rings (SSSR count). The smallest absolute Gasteiger partial charge is 0.341 e. The number of ether oxygens (including phenoxy) is 1. The Bertz CT molecular complexity index is 836. The van der Waals surface area contributed by atoms with E-state index in [0.717, 1.165) is 5.56 Å². The van der Waals surface area contributed by atoms with Crippen LogP contribution < -0.4 is 0 Å². The molecule has 0 bridgehead atoms. The summed E-state index contributed by atoms with van der Waals surface area (Å²) in [6.07, 6.45) is 6.47. The van der Waals surface area contributed by atoms with Gasteiger partial charge in [0.15, 0.2) is 0 Å². The Kier molecular flexibility index (Phi) is 4.10. The van der Waals surface area contributed by atoms with Gasteiger partial charge < -0.3 is 4.74 Å². The van der Waals surface area contributed by atoms with E-state index in [4.69, 9.17) is 4.74 Å². The quantitative estimate of drug-likeness (QED) is 0.692. The van der Waals surface area contributed by atoms with Crippen LogP contribution >= 0.6 is 0 Å². The van der Waals surface area contributed by atoms with Crippen molar-refractivity contribution in [2.24, 2.45) is 0 Å². The van der Waals surface area contributed by atoms with Gasteiger partial charge in [-0.15, -0.1) is 0 Å². The molecule has 114 valence electrons. The molecule has 0 saturated heterocycles. The molecular weight excluding hydrogens is 295 g/mol. The molecule has 0 fully saturated rings. The predicted molar refractivity (Wildman–Crippen MR) is 84.2 cm³/mol. The average molecular weight is 308 g/mol. The van der Waals surface area contributed by atoms with Crippen LogP contribution in [0.25, 0.3) is 22.3 Å². The van der Waals surface area contributed by atoms with Gasteiger partial charge in [0.25, 0.3) is 0 Å². The SMILES string of the molecule is COC(=O)c1c(F)cc(-c2cccnc2)cc1-c1cccnc1. The Labute approximate surface area is 132 Å². The van der Waals surface area contributed by atoms with E-state index in [9.17, 15) is 9.18 Å². The van der Waals surface area contributed by atoms with Gasteiger partial charge in [0.05, 0.1) is 7.11 Å². The van der Waals surface area contributed by atoms with E-state index in [1.54, 1.807) is 49.1 Å². The number of methoxy groups -OCH3 is 1. The molecule has 3 aromatic rings. The lowest BCUT2D eigenvalue weighted by Gasteiger charge is -2.12. The number of aromatic nitrogens is 2. The first-order valence-electron chi connectivity index (χ1n) is 6.93. The largest absolute Gasteiger partial charge is 0.465 e. The van der Waals surface area contributed by atoms with Crippen LogP contribution in [-0.4, -0.2) is 23.0 Å². The van der Waals surface area contributed by atoms with Crippen molar-refractivity contribution < 1.29 is 13.9 Å². The first kappa shape index (κ1) is 14.8. The van der Waals surface area contributed by atoms with Crippen LogP contribution in [0.2, 0.25) is 0 Å². The summed E-state index contributed by atoms with van der Waals surface area (Å²) in [4.78, 5) is 20.1. The highest BCUT2D eigenvalue weighted by atomic mass is 19.1. The number of hydrogen-bond donors (Lipinski definition) is 0. The molecular formula is C18H13FN2O2. The Morgan fingerprint density at radius 1 is 1.00 bits per heavy atom. The number of hydrogen-bond acceptors (Lipinski definition) is 4. The highest BCUT2D eigenvalue weighted by Crippen LogP contribution is 2.31. The van der Waals surface area contributed by atoms with Crippen molar-refractivity contribution in [2.75, 3.05) is 7.11 Å². The summed E-state index contributed by atoms with van der Waals surface area (Å²) in [6, 6.07) is 10.1. The zero-order chi connectivity index (χ0) is 16.2. The van der Waals surface area contributed by atoms with Gasteiger partial charge in [0.2, 0.25) is 0 Å². The zero-order valence-electron chi connectivity index (χ0n) is 12.4. The monoisotopic (exact) mass is 308 g/mol. The first-order chi connectivity index (χ1) is 11.2. The molecule has 2 aromatic heterocycles. The minimum atomic E-state index is -0.723. The van der Waals surface area contributed by atoms with E-state index < -0.39 is 11.8 Å². The van der Waals surface area contributed by atoms with Gasteiger partial charge >= 0.3 is 5.97 Å². The van der Waals surface area contributed by atoms with Crippen LogP contribution in [0.4, 0.5) is 4.39 Å². The molecule has 1 aromatic carbocycles. The molecule has 2 heterocycles. The first-order valence-corrected chi connectivity index (χ1v) is 6.93. The number of nitrogens with zero attached hydrogens (tertiary/aromatic N) is 2. The van der Waals surface area contributed by atoms with Crippen LogP contribution in [0.5, 0.6) is 0 Å². The van der Waals surface area contributed by atoms with Gasteiger partial charge in [-0.2, -0.15) is 0 Å². The van der Waals surface area contributed by atoms with Crippen molar-refractivity contribution in [3.8, 4) is 22.3 Å². The Balaban J connectivity index is 2.25.